The van der Waals surface area contributed by atoms with Crippen molar-refractivity contribution in [2.24, 2.45) is 5.73 Å². The minimum absolute atomic E-state index is 0.0553. The molecule has 120 valence electrons. The number of nitrogens with zero attached hydrogens (tertiary/aromatic N) is 2. The summed E-state index contributed by atoms with van der Waals surface area (Å²) in [6.45, 7) is 2.27. The highest BCUT2D eigenvalue weighted by Gasteiger charge is 2.24. The fourth-order valence-electron chi connectivity index (χ4n) is 2.02. The van der Waals surface area contributed by atoms with Gasteiger partial charge in [0.2, 0.25) is 6.10 Å². The number of hydrogen-bond donors (Lipinski definition) is 1. The summed E-state index contributed by atoms with van der Waals surface area (Å²) in [5.74, 6) is -1.60. The molecule has 0 fully saturated rings. The standard InChI is InChI=1S/C16H17N3O4/c1-2-10-19-13(20)9-8-12(18-19)16(22)23-14(15(17)21)11-6-4-3-5-7-11/h3-9,14H,2,10H2,1H3,(H2,17,21). The number of aryl methyl sites for hydroxylation is 1. The van der Waals surface area contributed by atoms with Crippen LogP contribution < -0.4 is 11.3 Å². The highest BCUT2D eigenvalue weighted by atomic mass is 16.5. The van der Waals surface area contributed by atoms with Gasteiger partial charge in [-0.1, -0.05) is 37.3 Å². The van der Waals surface area contributed by atoms with E-state index in [0.717, 1.165) is 0 Å². The molecule has 1 aromatic heterocycles. The Morgan fingerprint density at radius 1 is 1.22 bits per heavy atom. The van der Waals surface area contributed by atoms with E-state index in [1.807, 2.05) is 6.92 Å². The Labute approximate surface area is 132 Å². The van der Waals surface area contributed by atoms with Gasteiger partial charge in [0.05, 0.1) is 0 Å². The van der Waals surface area contributed by atoms with Gasteiger partial charge in [-0.25, -0.2) is 9.48 Å². The Morgan fingerprint density at radius 3 is 2.52 bits per heavy atom. The van der Waals surface area contributed by atoms with E-state index in [9.17, 15) is 14.4 Å². The number of primary amides is 1. The smallest absolute Gasteiger partial charge is 0.359 e. The van der Waals surface area contributed by atoms with E-state index in [1.54, 1.807) is 30.3 Å². The minimum atomic E-state index is -1.21. The van der Waals surface area contributed by atoms with Gasteiger partial charge in [-0.15, -0.1) is 0 Å². The van der Waals surface area contributed by atoms with Crippen LogP contribution in [0.15, 0.2) is 47.3 Å². The first-order valence-corrected chi connectivity index (χ1v) is 7.16. The number of nitrogens with two attached hydrogens (primary N) is 1. The van der Waals surface area contributed by atoms with Crippen LogP contribution in [0.3, 0.4) is 0 Å². The molecule has 2 N–H and O–H groups in total. The van der Waals surface area contributed by atoms with Crippen LogP contribution in [-0.2, 0) is 16.1 Å². The highest BCUT2D eigenvalue weighted by molar-refractivity contribution is 5.90. The lowest BCUT2D eigenvalue weighted by Gasteiger charge is -2.15. The van der Waals surface area contributed by atoms with Crippen LogP contribution in [0, 0.1) is 0 Å². The molecule has 1 amide bonds. The summed E-state index contributed by atoms with van der Waals surface area (Å²) in [5.41, 5.74) is 5.41. The van der Waals surface area contributed by atoms with Crippen LogP contribution in [0.25, 0.3) is 0 Å². The van der Waals surface area contributed by atoms with Gasteiger partial charge < -0.3 is 10.5 Å². The normalized spacial score (nSPS) is 11.7. The third-order valence-electron chi connectivity index (χ3n) is 3.10. The molecular weight excluding hydrogens is 298 g/mol. The third-order valence-corrected chi connectivity index (χ3v) is 3.10. The number of amides is 1. The molecule has 0 saturated carbocycles. The molecule has 0 aliphatic rings. The molecule has 1 heterocycles. The maximum absolute atomic E-state index is 12.2. The molecule has 1 atom stereocenters. The molecule has 2 aromatic rings. The number of carbonyl (C=O) groups excluding carboxylic acids is 2. The molecule has 0 saturated heterocycles. The molecule has 7 heteroatoms. The van der Waals surface area contributed by atoms with Gasteiger partial charge in [0.1, 0.15) is 0 Å². The van der Waals surface area contributed by atoms with E-state index in [2.05, 4.69) is 5.10 Å². The highest BCUT2D eigenvalue weighted by Crippen LogP contribution is 2.18. The van der Waals surface area contributed by atoms with E-state index in [4.69, 9.17) is 10.5 Å². The lowest BCUT2D eigenvalue weighted by molar-refractivity contribution is -0.127. The van der Waals surface area contributed by atoms with E-state index >= 15 is 0 Å². The zero-order valence-electron chi connectivity index (χ0n) is 12.6. The van der Waals surface area contributed by atoms with Gasteiger partial charge >= 0.3 is 5.97 Å². The maximum Gasteiger partial charge on any atom is 0.359 e. The molecule has 0 aliphatic carbocycles. The number of ether oxygens (including phenoxy) is 1. The van der Waals surface area contributed by atoms with Crippen molar-refractivity contribution in [1.29, 1.82) is 0 Å². The summed E-state index contributed by atoms with van der Waals surface area (Å²) in [4.78, 5) is 35.4. The first-order chi connectivity index (χ1) is 11.0. The van der Waals surface area contributed by atoms with Crippen LogP contribution in [-0.4, -0.2) is 21.7 Å². The number of esters is 1. The van der Waals surface area contributed by atoms with Crippen molar-refractivity contribution in [3.05, 3.63) is 64.1 Å². The number of benzene rings is 1. The molecule has 0 spiro atoms. The Bertz CT molecular complexity index is 755. The number of aromatic nitrogens is 2. The minimum Gasteiger partial charge on any atom is -0.443 e. The molecule has 7 nitrogen and oxygen atoms in total. The topological polar surface area (TPSA) is 104 Å². The summed E-state index contributed by atoms with van der Waals surface area (Å²) in [7, 11) is 0. The van der Waals surface area contributed by atoms with E-state index in [-0.39, 0.29) is 11.3 Å². The monoisotopic (exact) mass is 315 g/mol. The molecular formula is C16H17N3O4. The van der Waals surface area contributed by atoms with Crippen LogP contribution in [0.5, 0.6) is 0 Å². The molecule has 0 radical (unpaired) electrons. The summed E-state index contributed by atoms with van der Waals surface area (Å²) >= 11 is 0. The van der Waals surface area contributed by atoms with Crippen molar-refractivity contribution >= 4 is 11.9 Å². The van der Waals surface area contributed by atoms with Gasteiger partial charge in [0.15, 0.2) is 5.69 Å². The summed E-state index contributed by atoms with van der Waals surface area (Å²) in [5, 5.41) is 3.95. The second kappa shape index (κ2) is 7.35. The van der Waals surface area contributed by atoms with E-state index in [0.29, 0.717) is 18.5 Å². The molecule has 1 unspecified atom stereocenters. The quantitative estimate of drug-likeness (QED) is 0.802. The first-order valence-electron chi connectivity index (χ1n) is 7.16. The molecule has 2 rings (SSSR count). The van der Waals surface area contributed by atoms with Crippen molar-refractivity contribution in [3.8, 4) is 0 Å². The van der Waals surface area contributed by atoms with Crippen molar-refractivity contribution < 1.29 is 14.3 Å². The zero-order chi connectivity index (χ0) is 16.8. The van der Waals surface area contributed by atoms with Crippen molar-refractivity contribution in [3.63, 3.8) is 0 Å². The van der Waals surface area contributed by atoms with Gasteiger partial charge in [0.25, 0.3) is 11.5 Å². The average Bonchev–Trinajstić information content (AvgIpc) is 2.55. The lowest BCUT2D eigenvalue weighted by atomic mass is 10.1. The van der Waals surface area contributed by atoms with Crippen LogP contribution >= 0.6 is 0 Å². The second-order valence-corrected chi connectivity index (χ2v) is 4.88. The summed E-state index contributed by atoms with van der Waals surface area (Å²) < 4.78 is 6.34. The van der Waals surface area contributed by atoms with Gasteiger partial charge in [-0.05, 0) is 12.5 Å². The number of hydrogen-bond acceptors (Lipinski definition) is 5. The predicted molar refractivity (Wildman–Crippen MR) is 82.6 cm³/mol. The van der Waals surface area contributed by atoms with Crippen molar-refractivity contribution in [2.45, 2.75) is 26.0 Å². The summed E-state index contributed by atoms with van der Waals surface area (Å²) in [6, 6.07) is 11.0. The zero-order valence-corrected chi connectivity index (χ0v) is 12.6. The predicted octanol–water partition coefficient (Wildman–Crippen LogP) is 1.04. The fourth-order valence-corrected chi connectivity index (χ4v) is 2.02. The Hall–Kier alpha value is -2.96. The third kappa shape index (κ3) is 4.03. The average molecular weight is 315 g/mol. The Morgan fingerprint density at radius 2 is 1.91 bits per heavy atom. The second-order valence-electron chi connectivity index (χ2n) is 4.88. The van der Waals surface area contributed by atoms with Gasteiger partial charge in [0, 0.05) is 18.2 Å². The molecule has 0 aliphatic heterocycles. The fraction of sp³-hybridized carbons (Fsp3) is 0.250. The van der Waals surface area contributed by atoms with Crippen LogP contribution in [0.1, 0.15) is 35.5 Å². The Kier molecular flexibility index (Phi) is 5.24. The lowest BCUT2D eigenvalue weighted by Crippen LogP contribution is -2.28. The van der Waals surface area contributed by atoms with Gasteiger partial charge in [-0.2, -0.15) is 5.10 Å². The maximum atomic E-state index is 12.2. The molecule has 23 heavy (non-hydrogen) atoms. The first kappa shape index (κ1) is 16.4. The largest absolute Gasteiger partial charge is 0.443 e. The van der Waals surface area contributed by atoms with E-state index in [1.165, 1.54) is 16.8 Å². The molecule has 1 aromatic carbocycles. The SMILES string of the molecule is CCCn1nc(C(=O)OC(C(N)=O)c2ccccc2)ccc1=O. The van der Waals surface area contributed by atoms with Crippen molar-refractivity contribution in [1.82, 2.24) is 9.78 Å². The van der Waals surface area contributed by atoms with Gasteiger partial charge in [-0.3, -0.25) is 9.59 Å². The molecule has 0 bridgehead atoms. The van der Waals surface area contributed by atoms with Crippen LogP contribution in [0.4, 0.5) is 0 Å². The Balaban J connectivity index is 2.24. The summed E-state index contributed by atoms with van der Waals surface area (Å²) in [6.07, 6.45) is -0.517. The van der Waals surface area contributed by atoms with E-state index < -0.39 is 18.0 Å². The van der Waals surface area contributed by atoms with Crippen LogP contribution in [0.2, 0.25) is 0 Å². The number of carbonyl (C=O) groups is 2. The van der Waals surface area contributed by atoms with Crippen molar-refractivity contribution in [2.75, 3.05) is 0 Å². The number of rotatable bonds is 6.